The minimum Gasteiger partial charge on any atom is -0.550 e. The second-order valence-corrected chi connectivity index (χ2v) is 6.38. The van der Waals surface area contributed by atoms with E-state index >= 15 is 0 Å². The number of rotatable bonds is 3. The molecular weight excluding hydrogens is 294 g/mol. The fourth-order valence-corrected chi connectivity index (χ4v) is 3.69. The van der Waals surface area contributed by atoms with E-state index in [4.69, 9.17) is 0 Å². The predicted octanol–water partition coefficient (Wildman–Crippen LogP) is -0.294. The molecule has 0 unspecified atom stereocenters. The van der Waals surface area contributed by atoms with Gasteiger partial charge in [0.05, 0.1) is 19.3 Å². The van der Waals surface area contributed by atoms with E-state index in [2.05, 4.69) is 9.88 Å². The highest BCUT2D eigenvalue weighted by atomic mass is 16.4. The van der Waals surface area contributed by atoms with Crippen molar-refractivity contribution in [3.8, 4) is 0 Å². The lowest BCUT2D eigenvalue weighted by Crippen LogP contribution is -2.53. The van der Waals surface area contributed by atoms with Crippen molar-refractivity contribution in [3.05, 3.63) is 24.4 Å². The van der Waals surface area contributed by atoms with Gasteiger partial charge in [0.2, 0.25) is 5.91 Å². The molecule has 2 fully saturated rings. The molecule has 0 spiro atoms. The van der Waals surface area contributed by atoms with E-state index in [0.29, 0.717) is 25.9 Å². The Bertz CT molecular complexity index is 555. The van der Waals surface area contributed by atoms with Crippen LogP contribution in [0.1, 0.15) is 25.7 Å². The van der Waals surface area contributed by atoms with Crippen LogP contribution in [-0.4, -0.2) is 43.0 Å². The standard InChI is InChI=1S/C17H23N3O3/c21-16(13-5-1-2-6-14(13)17(22)23)20-11-9-19(10-12-20)15-7-3-4-8-18-15/h3-4,7-8,13-14H,1-2,5-6,9-12H2,(H,22,23)/t13-,14-/m1/s1. The molecule has 1 N–H and O–H groups in total. The van der Waals surface area contributed by atoms with Crippen molar-refractivity contribution in [2.45, 2.75) is 25.7 Å². The molecule has 0 bridgehead atoms. The van der Waals surface area contributed by atoms with Gasteiger partial charge in [0.25, 0.3) is 5.82 Å². The SMILES string of the molecule is O=C([O-])[C@@H]1CCCC[C@H]1C(=O)N1CCN(c2cccc[nH+]2)CC1. The van der Waals surface area contributed by atoms with Crippen LogP contribution in [0.25, 0.3) is 0 Å². The fraction of sp³-hybridized carbons (Fsp3) is 0.588. The van der Waals surface area contributed by atoms with Crippen LogP contribution in [0, 0.1) is 11.8 Å². The molecule has 6 heteroatoms. The Hall–Kier alpha value is -2.11. The highest BCUT2D eigenvalue weighted by Gasteiger charge is 2.36. The molecule has 2 heterocycles. The second kappa shape index (κ2) is 6.98. The number of carboxylic acid groups (broad SMARTS) is 1. The van der Waals surface area contributed by atoms with E-state index in [-0.39, 0.29) is 5.91 Å². The molecule has 23 heavy (non-hydrogen) atoms. The molecule has 3 rings (SSSR count). The number of aliphatic carboxylic acids is 1. The minimum atomic E-state index is -1.07. The molecule has 1 aromatic heterocycles. The zero-order valence-corrected chi connectivity index (χ0v) is 13.2. The molecule has 1 aliphatic carbocycles. The normalized spacial score (nSPS) is 25.2. The first kappa shape index (κ1) is 15.8. The van der Waals surface area contributed by atoms with Crippen molar-refractivity contribution in [3.63, 3.8) is 0 Å². The molecule has 2 aliphatic rings. The summed E-state index contributed by atoms with van der Waals surface area (Å²) in [6.07, 6.45) is 4.93. The number of pyridine rings is 1. The Labute approximate surface area is 136 Å². The number of nitrogens with one attached hydrogen (secondary N) is 1. The van der Waals surface area contributed by atoms with Crippen LogP contribution in [0.15, 0.2) is 24.4 Å². The van der Waals surface area contributed by atoms with Crippen LogP contribution in [0.5, 0.6) is 0 Å². The van der Waals surface area contributed by atoms with E-state index in [9.17, 15) is 14.7 Å². The van der Waals surface area contributed by atoms with Crippen molar-refractivity contribution in [2.24, 2.45) is 11.8 Å². The molecule has 1 amide bonds. The number of carbonyl (C=O) groups excluding carboxylic acids is 2. The van der Waals surface area contributed by atoms with Gasteiger partial charge in [-0.05, 0) is 18.9 Å². The van der Waals surface area contributed by atoms with E-state index in [1.807, 2.05) is 29.3 Å². The third kappa shape index (κ3) is 3.46. The Kier molecular flexibility index (Phi) is 4.79. The summed E-state index contributed by atoms with van der Waals surface area (Å²) in [6, 6.07) is 5.94. The third-order valence-corrected chi connectivity index (χ3v) is 5.01. The van der Waals surface area contributed by atoms with Crippen molar-refractivity contribution in [1.29, 1.82) is 0 Å². The summed E-state index contributed by atoms with van der Waals surface area (Å²) in [7, 11) is 0. The summed E-state index contributed by atoms with van der Waals surface area (Å²) in [5.41, 5.74) is 0. The Balaban J connectivity index is 1.60. The fourth-order valence-electron chi connectivity index (χ4n) is 3.69. The van der Waals surface area contributed by atoms with Crippen molar-refractivity contribution < 1.29 is 19.7 Å². The maximum absolute atomic E-state index is 12.7. The first-order chi connectivity index (χ1) is 11.2. The maximum atomic E-state index is 12.7. The smallest absolute Gasteiger partial charge is 0.274 e. The lowest BCUT2D eigenvalue weighted by molar-refractivity contribution is -0.364. The largest absolute Gasteiger partial charge is 0.550 e. The van der Waals surface area contributed by atoms with Crippen LogP contribution < -0.4 is 15.0 Å². The van der Waals surface area contributed by atoms with Crippen molar-refractivity contribution in [1.82, 2.24) is 4.90 Å². The van der Waals surface area contributed by atoms with Gasteiger partial charge in [0.1, 0.15) is 13.1 Å². The molecule has 6 nitrogen and oxygen atoms in total. The van der Waals surface area contributed by atoms with Gasteiger partial charge >= 0.3 is 0 Å². The molecule has 0 aromatic carbocycles. The van der Waals surface area contributed by atoms with Gasteiger partial charge in [0, 0.05) is 23.9 Å². The first-order valence-electron chi connectivity index (χ1n) is 8.38. The summed E-state index contributed by atoms with van der Waals surface area (Å²) in [4.78, 5) is 31.3. The number of piperazine rings is 1. The Morgan fingerprint density at radius 3 is 2.35 bits per heavy atom. The number of hydrogen-bond acceptors (Lipinski definition) is 4. The average molecular weight is 317 g/mol. The van der Waals surface area contributed by atoms with E-state index < -0.39 is 17.8 Å². The van der Waals surface area contributed by atoms with Gasteiger partial charge in [0.15, 0.2) is 0 Å². The number of nitrogens with zero attached hydrogens (tertiary/aromatic N) is 2. The van der Waals surface area contributed by atoms with Crippen molar-refractivity contribution >= 4 is 17.7 Å². The van der Waals surface area contributed by atoms with Gasteiger partial charge in [-0.25, -0.2) is 4.98 Å². The molecule has 124 valence electrons. The summed E-state index contributed by atoms with van der Waals surface area (Å²) in [5, 5.41) is 11.3. The zero-order valence-electron chi connectivity index (χ0n) is 13.2. The number of aromatic amines is 1. The Morgan fingerprint density at radius 1 is 1.04 bits per heavy atom. The van der Waals surface area contributed by atoms with Gasteiger partial charge < -0.3 is 14.8 Å². The van der Waals surface area contributed by atoms with E-state index in [1.54, 1.807) is 0 Å². The summed E-state index contributed by atoms with van der Waals surface area (Å²) < 4.78 is 0. The summed E-state index contributed by atoms with van der Waals surface area (Å²) in [5.74, 6) is -1.04. The highest BCUT2D eigenvalue weighted by Crippen LogP contribution is 2.31. The maximum Gasteiger partial charge on any atom is 0.274 e. The average Bonchev–Trinajstić information content (AvgIpc) is 2.62. The predicted molar refractivity (Wildman–Crippen MR) is 82.2 cm³/mol. The van der Waals surface area contributed by atoms with Crippen LogP contribution in [-0.2, 0) is 9.59 Å². The van der Waals surface area contributed by atoms with Crippen LogP contribution in [0.4, 0.5) is 5.82 Å². The highest BCUT2D eigenvalue weighted by molar-refractivity contribution is 5.84. The minimum absolute atomic E-state index is 0.00408. The molecule has 1 aliphatic heterocycles. The number of anilines is 1. The van der Waals surface area contributed by atoms with Gasteiger partial charge in [-0.3, -0.25) is 9.69 Å². The number of carbonyl (C=O) groups is 2. The van der Waals surface area contributed by atoms with E-state index in [0.717, 1.165) is 31.7 Å². The molecule has 1 saturated carbocycles. The number of H-pyrrole nitrogens is 1. The van der Waals surface area contributed by atoms with Crippen LogP contribution in [0.3, 0.4) is 0 Å². The molecular formula is C17H23N3O3. The number of aromatic nitrogens is 1. The monoisotopic (exact) mass is 317 g/mol. The van der Waals surface area contributed by atoms with E-state index in [1.165, 1.54) is 0 Å². The lowest BCUT2D eigenvalue weighted by Gasteiger charge is -2.37. The number of hydrogen-bond donors (Lipinski definition) is 0. The topological polar surface area (TPSA) is 77.8 Å². The number of carboxylic acids is 1. The molecule has 1 aromatic rings. The molecule has 0 radical (unpaired) electrons. The van der Waals surface area contributed by atoms with Gasteiger partial charge in [-0.15, -0.1) is 0 Å². The van der Waals surface area contributed by atoms with Gasteiger partial charge in [-0.1, -0.05) is 18.9 Å². The lowest BCUT2D eigenvalue weighted by atomic mass is 9.78. The quantitative estimate of drug-likeness (QED) is 0.767. The first-order valence-corrected chi connectivity index (χ1v) is 8.38. The zero-order chi connectivity index (χ0) is 16.2. The molecule has 2 atom stereocenters. The third-order valence-electron chi connectivity index (χ3n) is 5.01. The summed E-state index contributed by atoms with van der Waals surface area (Å²) >= 11 is 0. The number of amides is 1. The summed E-state index contributed by atoms with van der Waals surface area (Å²) in [6.45, 7) is 2.79. The van der Waals surface area contributed by atoms with Crippen LogP contribution >= 0.6 is 0 Å². The molecule has 1 saturated heterocycles. The van der Waals surface area contributed by atoms with Crippen molar-refractivity contribution in [2.75, 3.05) is 31.1 Å². The van der Waals surface area contributed by atoms with Crippen LogP contribution in [0.2, 0.25) is 0 Å². The second-order valence-electron chi connectivity index (χ2n) is 6.38. The Morgan fingerprint density at radius 2 is 1.74 bits per heavy atom. The van der Waals surface area contributed by atoms with Gasteiger partial charge in [-0.2, -0.15) is 0 Å².